The smallest absolute Gasteiger partial charge is 0.0886 e. The van der Waals surface area contributed by atoms with Gasteiger partial charge in [-0.3, -0.25) is 9.97 Å². The Labute approximate surface area is 290 Å². The van der Waals surface area contributed by atoms with Crippen LogP contribution in [-0.4, -0.2) is 9.97 Å². The van der Waals surface area contributed by atoms with Crippen molar-refractivity contribution in [1.82, 2.24) is 9.97 Å². The molecule has 0 aliphatic carbocycles. The molecule has 2 nitrogen and oxygen atoms in total. The predicted octanol–water partition coefficient (Wildman–Crippen LogP) is 12.9. The number of rotatable bonds is 4. The highest BCUT2D eigenvalue weighted by Crippen LogP contribution is 2.47. The van der Waals surface area contributed by atoms with Gasteiger partial charge in [0.1, 0.15) is 0 Å². The van der Waals surface area contributed by atoms with E-state index in [9.17, 15) is 0 Å². The van der Waals surface area contributed by atoms with E-state index in [1.54, 1.807) is 0 Å². The van der Waals surface area contributed by atoms with Crippen molar-refractivity contribution in [3.63, 3.8) is 0 Å². The van der Waals surface area contributed by atoms with Crippen LogP contribution in [0.25, 0.3) is 98.6 Å². The number of nitrogens with zero attached hydrogens (tertiary/aromatic N) is 2. The summed E-state index contributed by atoms with van der Waals surface area (Å²) in [7, 11) is 0. The fourth-order valence-corrected chi connectivity index (χ4v) is 7.80. The zero-order valence-corrected chi connectivity index (χ0v) is 27.2. The molecule has 0 N–H and O–H groups in total. The summed E-state index contributed by atoms with van der Waals surface area (Å²) in [5.41, 5.74) is 8.90. The third-order valence-corrected chi connectivity index (χ3v) is 10.1. The van der Waals surface area contributed by atoms with E-state index in [0.29, 0.717) is 0 Å². The Kier molecular flexibility index (Phi) is 6.53. The molecule has 0 saturated heterocycles. The number of hydrogen-bond donors (Lipinski definition) is 0. The van der Waals surface area contributed by atoms with E-state index in [2.05, 4.69) is 157 Å². The fourth-order valence-electron chi connectivity index (χ4n) is 7.80. The Morgan fingerprint density at radius 3 is 1.70 bits per heavy atom. The van der Waals surface area contributed by atoms with Crippen LogP contribution in [0.1, 0.15) is 0 Å². The average Bonchev–Trinajstić information content (AvgIpc) is 3.20. The van der Waals surface area contributed by atoms with Crippen molar-refractivity contribution in [3.05, 3.63) is 182 Å². The van der Waals surface area contributed by atoms with E-state index >= 15 is 0 Å². The van der Waals surface area contributed by atoms with Crippen LogP contribution in [0.5, 0.6) is 0 Å². The molecule has 2 aromatic heterocycles. The number of hydrogen-bond acceptors (Lipinski definition) is 2. The van der Waals surface area contributed by atoms with Gasteiger partial charge in [0.15, 0.2) is 0 Å². The lowest BCUT2D eigenvalue weighted by atomic mass is 9.83. The van der Waals surface area contributed by atoms with Crippen LogP contribution in [0.3, 0.4) is 0 Å². The lowest BCUT2D eigenvalue weighted by molar-refractivity contribution is 1.25. The highest BCUT2D eigenvalue weighted by molar-refractivity contribution is 6.26. The minimum atomic E-state index is 0.864. The number of benzene rings is 8. The largest absolute Gasteiger partial charge is 0.255 e. The maximum absolute atomic E-state index is 4.84. The average molecular weight is 635 g/mol. The first kappa shape index (κ1) is 28.4. The van der Waals surface area contributed by atoms with Crippen LogP contribution < -0.4 is 0 Å². The molecule has 232 valence electrons. The van der Waals surface area contributed by atoms with Gasteiger partial charge in [-0.25, -0.2) is 0 Å². The summed E-state index contributed by atoms with van der Waals surface area (Å²) in [6.07, 6.45) is 3.78. The van der Waals surface area contributed by atoms with Gasteiger partial charge in [-0.05, 0) is 118 Å². The molecule has 2 heterocycles. The summed E-state index contributed by atoms with van der Waals surface area (Å²) in [5.74, 6) is 0. The summed E-state index contributed by atoms with van der Waals surface area (Å²) in [6, 6.07) is 61.5. The zero-order chi connectivity index (χ0) is 33.0. The molecule has 8 aromatic carbocycles. The van der Waals surface area contributed by atoms with Gasteiger partial charge >= 0.3 is 0 Å². The molecule has 0 aliphatic heterocycles. The van der Waals surface area contributed by atoms with Crippen LogP contribution in [-0.2, 0) is 0 Å². The molecule has 0 spiro atoms. The van der Waals surface area contributed by atoms with Crippen molar-refractivity contribution in [2.24, 2.45) is 0 Å². The second-order valence-electron chi connectivity index (χ2n) is 13.0. The third kappa shape index (κ3) is 4.57. The fraction of sp³-hybridized carbons (Fsp3) is 0. The molecule has 0 fully saturated rings. The first-order chi connectivity index (χ1) is 24.8. The lowest BCUT2D eigenvalue weighted by Crippen LogP contribution is -1.93. The van der Waals surface area contributed by atoms with Crippen molar-refractivity contribution in [1.29, 1.82) is 0 Å². The van der Waals surface area contributed by atoms with E-state index in [-0.39, 0.29) is 0 Å². The van der Waals surface area contributed by atoms with Crippen molar-refractivity contribution in [2.45, 2.75) is 0 Å². The second-order valence-corrected chi connectivity index (χ2v) is 13.0. The molecule has 10 aromatic rings. The number of pyridine rings is 2. The monoisotopic (exact) mass is 634 g/mol. The number of aromatic nitrogens is 2. The molecule has 0 amide bonds. The normalized spacial score (nSPS) is 11.6. The Morgan fingerprint density at radius 1 is 0.300 bits per heavy atom. The van der Waals surface area contributed by atoms with Crippen LogP contribution in [0.2, 0.25) is 0 Å². The maximum atomic E-state index is 4.84. The molecule has 0 unspecified atom stereocenters. The zero-order valence-electron chi connectivity index (χ0n) is 27.2. The van der Waals surface area contributed by atoms with Crippen molar-refractivity contribution in [2.75, 3.05) is 0 Å². The molecule has 0 bridgehead atoms. The van der Waals surface area contributed by atoms with Gasteiger partial charge in [0.2, 0.25) is 0 Å². The van der Waals surface area contributed by atoms with Gasteiger partial charge in [-0.2, -0.15) is 0 Å². The Bertz CT molecular complexity index is 2910. The number of fused-ring (bicyclic) bond motifs is 6. The summed E-state index contributed by atoms with van der Waals surface area (Å²) in [4.78, 5) is 9.35. The molecule has 50 heavy (non-hydrogen) atoms. The molecule has 2 heteroatoms. The maximum Gasteiger partial charge on any atom is 0.0886 e. The van der Waals surface area contributed by atoms with E-state index < -0.39 is 0 Å². The molecule has 10 rings (SSSR count). The first-order valence-electron chi connectivity index (χ1n) is 17.1. The van der Waals surface area contributed by atoms with Gasteiger partial charge < -0.3 is 0 Å². The predicted molar refractivity (Wildman–Crippen MR) is 211 cm³/mol. The first-order valence-corrected chi connectivity index (χ1v) is 17.1. The highest BCUT2D eigenvalue weighted by atomic mass is 14.8. The van der Waals surface area contributed by atoms with E-state index in [4.69, 9.17) is 4.98 Å². The standard InChI is InChI=1S/C48H30N2/c1-2-12-32-27-35(21-20-31(32)11-1)47-40-17-7-8-18-41(40)48(43-29-34-13-3-4-14-37(34)38-15-5-6-16-39(38)43)44-28-33(22-24-42(44)47)36-23-25-46(50-30-36)45-19-9-10-26-49-45/h1-30H. The summed E-state index contributed by atoms with van der Waals surface area (Å²) in [5, 5.41) is 12.4. The van der Waals surface area contributed by atoms with Gasteiger partial charge in [0.25, 0.3) is 0 Å². The third-order valence-electron chi connectivity index (χ3n) is 10.1. The summed E-state index contributed by atoms with van der Waals surface area (Å²) in [6.45, 7) is 0. The van der Waals surface area contributed by atoms with Crippen molar-refractivity contribution < 1.29 is 0 Å². The SMILES string of the molecule is c1ccc(-c2ccc(-c3ccc4c(-c5ccc6ccccc6c5)c5ccccc5c(-c5cc6ccccc6c6ccccc56)c4c3)cn2)nc1. The van der Waals surface area contributed by atoms with Crippen LogP contribution in [0.15, 0.2) is 182 Å². The Hall–Kier alpha value is -6.64. The minimum Gasteiger partial charge on any atom is -0.255 e. The van der Waals surface area contributed by atoms with Gasteiger partial charge in [0.05, 0.1) is 11.4 Å². The van der Waals surface area contributed by atoms with Gasteiger partial charge in [-0.1, -0.05) is 133 Å². The molecule has 0 aliphatic rings. The van der Waals surface area contributed by atoms with E-state index in [0.717, 1.165) is 22.5 Å². The molecular weight excluding hydrogens is 605 g/mol. The molecule has 0 radical (unpaired) electrons. The van der Waals surface area contributed by atoms with Crippen LogP contribution in [0, 0.1) is 0 Å². The minimum absolute atomic E-state index is 0.864. The molecule has 0 atom stereocenters. The molecular formula is C48H30N2. The highest BCUT2D eigenvalue weighted by Gasteiger charge is 2.20. The van der Waals surface area contributed by atoms with Gasteiger partial charge in [-0.15, -0.1) is 0 Å². The van der Waals surface area contributed by atoms with Crippen LogP contribution in [0.4, 0.5) is 0 Å². The molecule has 0 saturated carbocycles. The second kappa shape index (κ2) is 11.5. The van der Waals surface area contributed by atoms with Gasteiger partial charge in [0, 0.05) is 18.0 Å². The van der Waals surface area contributed by atoms with Crippen LogP contribution >= 0.6 is 0 Å². The van der Waals surface area contributed by atoms with E-state index in [1.807, 2.05) is 30.6 Å². The van der Waals surface area contributed by atoms with Crippen molar-refractivity contribution in [3.8, 4) is 44.8 Å². The Morgan fingerprint density at radius 2 is 0.920 bits per heavy atom. The lowest BCUT2D eigenvalue weighted by Gasteiger charge is -2.20. The summed E-state index contributed by atoms with van der Waals surface area (Å²) >= 11 is 0. The summed E-state index contributed by atoms with van der Waals surface area (Å²) < 4.78 is 0. The van der Waals surface area contributed by atoms with E-state index in [1.165, 1.54) is 76.1 Å². The van der Waals surface area contributed by atoms with Crippen molar-refractivity contribution >= 4 is 53.9 Å². The Balaban J connectivity index is 1.31. The topological polar surface area (TPSA) is 25.8 Å². The quantitative estimate of drug-likeness (QED) is 0.142.